The molecular formula is C26H22N2O4S2. The molecule has 2 aliphatic rings. The number of nitrogens with zero attached hydrogens (tertiary/aromatic N) is 2. The lowest BCUT2D eigenvalue weighted by atomic mass is 10.1. The number of carbonyl (C=O) groups excluding carboxylic acids is 2. The third-order valence-corrected chi connectivity index (χ3v) is 7.01. The number of morpholine rings is 1. The van der Waals surface area contributed by atoms with E-state index in [-0.39, 0.29) is 18.4 Å². The standard InChI is InChI=1S/C26H22N2O4S2/c29-24(27-12-14-31-15-13-27)17-32-20-10-8-18(9-11-20)16-23-25(30)28(26(33)34-23)22-7-3-5-19-4-1-2-6-21(19)22/h1-11,16H,12-15,17H2/b23-16-. The molecule has 2 saturated heterocycles. The second-order valence-electron chi connectivity index (χ2n) is 7.87. The van der Waals surface area contributed by atoms with Crippen LogP contribution in [0.5, 0.6) is 5.75 Å². The van der Waals surface area contributed by atoms with Crippen molar-refractivity contribution in [2.75, 3.05) is 37.8 Å². The maximum absolute atomic E-state index is 13.2. The summed E-state index contributed by atoms with van der Waals surface area (Å²) in [4.78, 5) is 29.4. The monoisotopic (exact) mass is 490 g/mol. The van der Waals surface area contributed by atoms with Gasteiger partial charge in [0.15, 0.2) is 10.9 Å². The van der Waals surface area contributed by atoms with E-state index in [0.29, 0.717) is 41.3 Å². The summed E-state index contributed by atoms with van der Waals surface area (Å²) in [6.45, 7) is 2.31. The van der Waals surface area contributed by atoms with Crippen molar-refractivity contribution < 1.29 is 19.1 Å². The molecule has 2 aliphatic heterocycles. The Kier molecular flexibility index (Phi) is 6.62. The van der Waals surface area contributed by atoms with E-state index in [1.807, 2.05) is 60.7 Å². The third-order valence-electron chi connectivity index (χ3n) is 5.71. The van der Waals surface area contributed by atoms with Gasteiger partial charge in [-0.25, -0.2) is 0 Å². The van der Waals surface area contributed by atoms with Crippen LogP contribution in [0, 0.1) is 0 Å². The fourth-order valence-electron chi connectivity index (χ4n) is 3.94. The highest BCUT2D eigenvalue weighted by molar-refractivity contribution is 8.27. The molecule has 0 spiro atoms. The van der Waals surface area contributed by atoms with Crippen LogP contribution in [-0.2, 0) is 14.3 Å². The molecule has 2 heterocycles. The number of fused-ring (bicyclic) bond motifs is 1. The van der Waals surface area contributed by atoms with Crippen molar-refractivity contribution in [3.63, 3.8) is 0 Å². The number of benzene rings is 3. The van der Waals surface area contributed by atoms with Crippen molar-refractivity contribution in [3.05, 3.63) is 77.2 Å². The Labute approximate surface area is 207 Å². The number of thiocarbonyl (C=S) groups is 1. The van der Waals surface area contributed by atoms with E-state index in [1.165, 1.54) is 11.8 Å². The van der Waals surface area contributed by atoms with E-state index < -0.39 is 0 Å². The van der Waals surface area contributed by atoms with Gasteiger partial charge < -0.3 is 14.4 Å². The fourth-order valence-corrected chi connectivity index (χ4v) is 5.22. The highest BCUT2D eigenvalue weighted by atomic mass is 32.2. The van der Waals surface area contributed by atoms with Gasteiger partial charge in [-0.15, -0.1) is 0 Å². The number of ether oxygens (including phenoxy) is 2. The summed E-state index contributed by atoms with van der Waals surface area (Å²) in [6.07, 6.45) is 1.83. The van der Waals surface area contributed by atoms with Crippen LogP contribution in [0.3, 0.4) is 0 Å². The van der Waals surface area contributed by atoms with Crippen molar-refractivity contribution in [1.29, 1.82) is 0 Å². The first-order chi connectivity index (χ1) is 16.6. The summed E-state index contributed by atoms with van der Waals surface area (Å²) in [5.74, 6) is 0.411. The average molecular weight is 491 g/mol. The number of rotatable bonds is 5. The largest absolute Gasteiger partial charge is 0.484 e. The molecule has 0 atom stereocenters. The highest BCUT2D eigenvalue weighted by Crippen LogP contribution is 2.38. The van der Waals surface area contributed by atoms with Crippen LogP contribution < -0.4 is 9.64 Å². The van der Waals surface area contributed by atoms with Gasteiger partial charge in [0.25, 0.3) is 11.8 Å². The Balaban J connectivity index is 1.28. The first-order valence-electron chi connectivity index (χ1n) is 10.9. The highest BCUT2D eigenvalue weighted by Gasteiger charge is 2.34. The molecule has 0 N–H and O–H groups in total. The molecule has 0 unspecified atom stereocenters. The molecule has 172 valence electrons. The van der Waals surface area contributed by atoms with Gasteiger partial charge in [-0.05, 0) is 35.2 Å². The van der Waals surface area contributed by atoms with Crippen molar-refractivity contribution in [2.45, 2.75) is 0 Å². The molecule has 3 aromatic rings. The molecule has 8 heteroatoms. The second kappa shape index (κ2) is 9.97. The van der Waals surface area contributed by atoms with Crippen LogP contribution in [0.2, 0.25) is 0 Å². The summed E-state index contributed by atoms with van der Waals surface area (Å²) in [5, 5.41) is 2.04. The minimum Gasteiger partial charge on any atom is -0.484 e. The number of amides is 2. The van der Waals surface area contributed by atoms with E-state index in [1.54, 1.807) is 21.9 Å². The molecule has 0 saturated carbocycles. The zero-order valence-corrected chi connectivity index (χ0v) is 19.9. The van der Waals surface area contributed by atoms with Crippen molar-refractivity contribution >= 4 is 62.7 Å². The van der Waals surface area contributed by atoms with Crippen LogP contribution in [0.1, 0.15) is 5.56 Å². The van der Waals surface area contributed by atoms with E-state index in [0.717, 1.165) is 22.0 Å². The summed E-state index contributed by atoms with van der Waals surface area (Å²) in [7, 11) is 0. The third kappa shape index (κ3) is 4.70. The van der Waals surface area contributed by atoms with E-state index in [4.69, 9.17) is 21.7 Å². The van der Waals surface area contributed by atoms with Gasteiger partial charge in [0.05, 0.1) is 23.8 Å². The number of carbonyl (C=O) groups is 2. The number of hydrogen-bond acceptors (Lipinski definition) is 6. The predicted octanol–water partition coefficient (Wildman–Crippen LogP) is 4.48. The second-order valence-corrected chi connectivity index (χ2v) is 9.54. The maximum atomic E-state index is 13.2. The SMILES string of the molecule is O=C(COc1ccc(/C=C2\SC(=S)N(c3cccc4ccccc34)C2=O)cc1)N1CCOCC1. The molecule has 0 radical (unpaired) electrons. The lowest BCUT2D eigenvalue weighted by Gasteiger charge is -2.26. The van der Waals surface area contributed by atoms with Crippen LogP contribution in [0.4, 0.5) is 5.69 Å². The van der Waals surface area contributed by atoms with Crippen LogP contribution in [-0.4, -0.2) is 53.9 Å². The van der Waals surface area contributed by atoms with Gasteiger partial charge in [0.2, 0.25) is 0 Å². The minimum atomic E-state index is -0.136. The predicted molar refractivity (Wildman–Crippen MR) is 139 cm³/mol. The van der Waals surface area contributed by atoms with Gasteiger partial charge in [0.1, 0.15) is 5.75 Å². The van der Waals surface area contributed by atoms with Gasteiger partial charge in [-0.2, -0.15) is 0 Å². The molecule has 2 amide bonds. The fraction of sp³-hybridized carbons (Fsp3) is 0.192. The Morgan fingerprint density at radius 1 is 1.03 bits per heavy atom. The van der Waals surface area contributed by atoms with Crippen LogP contribution >= 0.6 is 24.0 Å². The zero-order valence-electron chi connectivity index (χ0n) is 18.3. The Morgan fingerprint density at radius 3 is 2.56 bits per heavy atom. The smallest absolute Gasteiger partial charge is 0.270 e. The quantitative estimate of drug-likeness (QED) is 0.388. The Morgan fingerprint density at radius 2 is 1.76 bits per heavy atom. The van der Waals surface area contributed by atoms with E-state index in [9.17, 15) is 9.59 Å². The molecule has 0 bridgehead atoms. The summed E-state index contributed by atoms with van der Waals surface area (Å²) in [6, 6.07) is 21.1. The number of thioether (sulfide) groups is 1. The van der Waals surface area contributed by atoms with E-state index >= 15 is 0 Å². The molecular weight excluding hydrogens is 468 g/mol. The van der Waals surface area contributed by atoms with Crippen molar-refractivity contribution in [3.8, 4) is 5.75 Å². The molecule has 0 aromatic heterocycles. The Bertz CT molecular complexity index is 1280. The molecule has 2 fully saturated rings. The van der Waals surface area contributed by atoms with E-state index in [2.05, 4.69) is 0 Å². The average Bonchev–Trinajstić information content (AvgIpc) is 3.15. The van der Waals surface area contributed by atoms with Crippen molar-refractivity contribution in [1.82, 2.24) is 4.90 Å². The van der Waals surface area contributed by atoms with Crippen LogP contribution in [0.15, 0.2) is 71.6 Å². The van der Waals surface area contributed by atoms with Gasteiger partial charge in [-0.3, -0.25) is 14.5 Å². The van der Waals surface area contributed by atoms with Gasteiger partial charge in [-0.1, -0.05) is 72.5 Å². The molecule has 6 nitrogen and oxygen atoms in total. The summed E-state index contributed by atoms with van der Waals surface area (Å²) >= 11 is 6.84. The summed E-state index contributed by atoms with van der Waals surface area (Å²) in [5.41, 5.74) is 1.64. The first kappa shape index (κ1) is 22.6. The maximum Gasteiger partial charge on any atom is 0.270 e. The molecule has 34 heavy (non-hydrogen) atoms. The van der Waals surface area contributed by atoms with Gasteiger partial charge in [0, 0.05) is 18.5 Å². The zero-order chi connectivity index (χ0) is 23.5. The van der Waals surface area contributed by atoms with Crippen molar-refractivity contribution in [2.24, 2.45) is 0 Å². The number of hydrogen-bond donors (Lipinski definition) is 0. The summed E-state index contributed by atoms with van der Waals surface area (Å²) < 4.78 is 11.4. The normalized spacial score (nSPS) is 17.6. The van der Waals surface area contributed by atoms with Crippen LogP contribution in [0.25, 0.3) is 16.8 Å². The Hall–Kier alpha value is -3.20. The van der Waals surface area contributed by atoms with Gasteiger partial charge >= 0.3 is 0 Å². The lowest BCUT2D eigenvalue weighted by molar-refractivity contribution is -0.137. The molecule has 3 aromatic carbocycles. The first-order valence-corrected chi connectivity index (χ1v) is 12.2. The number of anilines is 1. The molecule has 5 rings (SSSR count). The topological polar surface area (TPSA) is 59.1 Å². The molecule has 0 aliphatic carbocycles. The lowest BCUT2D eigenvalue weighted by Crippen LogP contribution is -2.42. The minimum absolute atomic E-state index is 0.0109.